The number of rotatable bonds is 5. The van der Waals surface area contributed by atoms with Gasteiger partial charge >= 0.3 is 0 Å². The average molecular weight is 380 g/mol. The molecule has 1 N–H and O–H groups in total. The van der Waals surface area contributed by atoms with Crippen LogP contribution in [0.3, 0.4) is 0 Å². The van der Waals surface area contributed by atoms with E-state index in [1.807, 2.05) is 24.3 Å². The third-order valence-electron chi connectivity index (χ3n) is 6.16. The molecule has 1 amide bonds. The first-order valence-electron chi connectivity index (χ1n) is 10.6. The van der Waals surface area contributed by atoms with Crippen LogP contribution in [0.2, 0.25) is 0 Å². The highest BCUT2D eigenvalue weighted by Crippen LogP contribution is 2.43. The summed E-state index contributed by atoms with van der Waals surface area (Å²) in [4.78, 5) is 17.1. The van der Waals surface area contributed by atoms with E-state index in [-0.39, 0.29) is 11.9 Å². The summed E-state index contributed by atoms with van der Waals surface area (Å²) in [5.41, 5.74) is 4.45. The number of fused-ring (bicyclic) bond motifs is 3. The van der Waals surface area contributed by atoms with Crippen molar-refractivity contribution in [3.05, 3.63) is 59.2 Å². The number of likely N-dealkylation sites (tertiary alicyclic amines) is 1. The Balaban J connectivity index is 1.60. The van der Waals surface area contributed by atoms with Gasteiger partial charge in [0.15, 0.2) is 0 Å². The summed E-state index contributed by atoms with van der Waals surface area (Å²) < 4.78 is 5.75. The number of ether oxygens (including phenoxy) is 1. The molecule has 4 nitrogen and oxygen atoms in total. The van der Waals surface area contributed by atoms with Gasteiger partial charge in [0, 0.05) is 17.7 Å². The van der Waals surface area contributed by atoms with Crippen molar-refractivity contribution < 1.29 is 14.4 Å². The molecule has 0 saturated carbocycles. The molecule has 4 rings (SSSR count). The van der Waals surface area contributed by atoms with Crippen molar-refractivity contribution >= 4 is 11.6 Å². The molecule has 1 saturated heterocycles. The number of nitrogens with zero attached hydrogens (tertiary/aromatic N) is 1. The van der Waals surface area contributed by atoms with E-state index >= 15 is 0 Å². The Morgan fingerprint density at radius 2 is 2.00 bits per heavy atom. The number of likely N-dealkylation sites (N-methyl/N-ethyl adjacent to an activating group) is 1. The van der Waals surface area contributed by atoms with Crippen LogP contribution in [-0.4, -0.2) is 38.7 Å². The summed E-state index contributed by atoms with van der Waals surface area (Å²) in [5.74, 6) is 1.38. The molecule has 2 aromatic rings. The van der Waals surface area contributed by atoms with Gasteiger partial charge in [-0.15, -0.1) is 0 Å². The zero-order valence-corrected chi connectivity index (χ0v) is 17.2. The smallest absolute Gasteiger partial charge is 0.258 e. The van der Waals surface area contributed by atoms with E-state index in [4.69, 9.17) is 4.74 Å². The molecule has 1 fully saturated rings. The minimum Gasteiger partial charge on any atom is -0.494 e. The SMILES string of the molecule is CCCCOc1ccc(C(=O)N2c3ccc(C)cc3[C@@H]3C[NH+](C)CC[C@@H]32)cc1. The quantitative estimate of drug-likeness (QED) is 0.810. The lowest BCUT2D eigenvalue weighted by molar-refractivity contribution is -0.886. The first-order valence-corrected chi connectivity index (χ1v) is 10.6. The number of piperidine rings is 1. The second kappa shape index (κ2) is 7.96. The molecule has 2 heterocycles. The average Bonchev–Trinajstić information content (AvgIpc) is 3.01. The van der Waals surface area contributed by atoms with Gasteiger partial charge in [0.2, 0.25) is 0 Å². The summed E-state index contributed by atoms with van der Waals surface area (Å²) in [6.45, 7) is 7.22. The van der Waals surface area contributed by atoms with Gasteiger partial charge in [-0.25, -0.2) is 0 Å². The number of hydrogen-bond donors (Lipinski definition) is 1. The summed E-state index contributed by atoms with van der Waals surface area (Å²) in [5, 5.41) is 0. The van der Waals surface area contributed by atoms with E-state index in [1.165, 1.54) is 11.1 Å². The number of nitrogens with one attached hydrogen (secondary N) is 1. The molecule has 1 unspecified atom stereocenters. The zero-order valence-electron chi connectivity index (χ0n) is 17.2. The fourth-order valence-corrected chi connectivity index (χ4v) is 4.63. The fraction of sp³-hybridized carbons (Fsp3) is 0.458. The highest BCUT2D eigenvalue weighted by atomic mass is 16.5. The van der Waals surface area contributed by atoms with Crippen LogP contribution in [0.25, 0.3) is 0 Å². The predicted octanol–water partition coefficient (Wildman–Crippen LogP) is 3.20. The highest BCUT2D eigenvalue weighted by molar-refractivity contribution is 6.08. The van der Waals surface area contributed by atoms with Gasteiger partial charge in [-0.3, -0.25) is 4.79 Å². The molecular weight excluding hydrogens is 348 g/mol. The van der Waals surface area contributed by atoms with Crippen molar-refractivity contribution in [2.45, 2.75) is 45.1 Å². The van der Waals surface area contributed by atoms with E-state index < -0.39 is 0 Å². The van der Waals surface area contributed by atoms with Crippen LogP contribution >= 0.6 is 0 Å². The van der Waals surface area contributed by atoms with Gasteiger partial charge in [-0.05, 0) is 49.2 Å². The van der Waals surface area contributed by atoms with E-state index in [0.717, 1.165) is 56.0 Å². The van der Waals surface area contributed by atoms with E-state index in [0.29, 0.717) is 5.92 Å². The van der Waals surface area contributed by atoms with Crippen molar-refractivity contribution in [1.82, 2.24) is 0 Å². The number of aryl methyl sites for hydroxylation is 1. The first kappa shape index (κ1) is 19.0. The minimum absolute atomic E-state index is 0.109. The number of unbranched alkanes of at least 4 members (excludes halogenated alkanes) is 1. The van der Waals surface area contributed by atoms with E-state index in [2.05, 4.69) is 44.0 Å². The first-order chi connectivity index (χ1) is 13.6. The Morgan fingerprint density at radius 3 is 2.75 bits per heavy atom. The second-order valence-corrected chi connectivity index (χ2v) is 8.34. The van der Waals surface area contributed by atoms with Gasteiger partial charge in [0.05, 0.1) is 38.7 Å². The Hall–Kier alpha value is -2.33. The number of amides is 1. The predicted molar refractivity (Wildman–Crippen MR) is 113 cm³/mol. The van der Waals surface area contributed by atoms with Crippen molar-refractivity contribution in [3.8, 4) is 5.75 Å². The van der Waals surface area contributed by atoms with Crippen molar-refractivity contribution in [2.75, 3.05) is 31.6 Å². The van der Waals surface area contributed by atoms with Crippen LogP contribution < -0.4 is 14.5 Å². The number of anilines is 1. The third kappa shape index (κ3) is 3.53. The van der Waals surface area contributed by atoms with Crippen LogP contribution in [0.4, 0.5) is 5.69 Å². The Labute approximate surface area is 168 Å². The van der Waals surface area contributed by atoms with Gasteiger partial charge in [0.1, 0.15) is 5.75 Å². The summed E-state index contributed by atoms with van der Waals surface area (Å²) in [6.07, 6.45) is 3.21. The molecule has 28 heavy (non-hydrogen) atoms. The zero-order chi connectivity index (χ0) is 19.7. The van der Waals surface area contributed by atoms with Gasteiger partial charge in [-0.1, -0.05) is 31.0 Å². The van der Waals surface area contributed by atoms with Crippen LogP contribution in [0, 0.1) is 6.92 Å². The summed E-state index contributed by atoms with van der Waals surface area (Å²) >= 11 is 0. The molecule has 0 spiro atoms. The molecular formula is C24H31N2O2+. The molecule has 2 aromatic carbocycles. The second-order valence-electron chi connectivity index (χ2n) is 8.34. The third-order valence-corrected chi connectivity index (χ3v) is 6.16. The monoisotopic (exact) mass is 379 g/mol. The lowest BCUT2D eigenvalue weighted by Gasteiger charge is -2.34. The van der Waals surface area contributed by atoms with Gasteiger partial charge < -0.3 is 14.5 Å². The number of carbonyl (C=O) groups is 1. The number of benzene rings is 2. The van der Waals surface area contributed by atoms with Crippen LogP contribution in [0.15, 0.2) is 42.5 Å². The number of hydrogen-bond acceptors (Lipinski definition) is 2. The summed E-state index contributed by atoms with van der Waals surface area (Å²) in [6, 6.07) is 14.5. The normalized spacial score (nSPS) is 23.2. The summed E-state index contributed by atoms with van der Waals surface area (Å²) in [7, 11) is 2.26. The molecule has 4 heteroatoms. The molecule has 148 valence electrons. The molecule has 3 atom stereocenters. The van der Waals surface area contributed by atoms with Crippen molar-refractivity contribution in [2.24, 2.45) is 0 Å². The highest BCUT2D eigenvalue weighted by Gasteiger charge is 2.45. The Bertz CT molecular complexity index is 846. The van der Waals surface area contributed by atoms with E-state index in [9.17, 15) is 4.79 Å². The van der Waals surface area contributed by atoms with Crippen LogP contribution in [-0.2, 0) is 0 Å². The molecule has 0 aromatic heterocycles. The van der Waals surface area contributed by atoms with Crippen molar-refractivity contribution in [1.29, 1.82) is 0 Å². The van der Waals surface area contributed by atoms with Crippen molar-refractivity contribution in [3.63, 3.8) is 0 Å². The lowest BCUT2D eigenvalue weighted by atomic mass is 9.88. The molecule has 2 aliphatic heterocycles. The number of carbonyl (C=O) groups excluding carboxylic acids is 1. The molecule has 2 aliphatic rings. The maximum atomic E-state index is 13.5. The molecule has 0 aliphatic carbocycles. The maximum Gasteiger partial charge on any atom is 0.258 e. The van der Waals surface area contributed by atoms with Gasteiger partial charge in [-0.2, -0.15) is 0 Å². The lowest BCUT2D eigenvalue weighted by Crippen LogP contribution is -3.11. The van der Waals surface area contributed by atoms with Crippen LogP contribution in [0.5, 0.6) is 5.75 Å². The standard InChI is InChI=1S/C24H30N2O2/c1-4-5-14-28-19-9-7-18(8-10-19)24(27)26-22-11-6-17(2)15-20(22)21-16-25(3)13-12-23(21)26/h6-11,15,21,23H,4-5,12-14,16H2,1-3H3/p+1/t21-,23-/m0/s1. The van der Waals surface area contributed by atoms with Gasteiger partial charge in [0.25, 0.3) is 5.91 Å². The Morgan fingerprint density at radius 1 is 1.21 bits per heavy atom. The largest absolute Gasteiger partial charge is 0.494 e. The minimum atomic E-state index is 0.109. The Kier molecular flexibility index (Phi) is 5.40. The fourth-order valence-electron chi connectivity index (χ4n) is 4.63. The van der Waals surface area contributed by atoms with E-state index in [1.54, 1.807) is 4.90 Å². The van der Waals surface area contributed by atoms with Crippen LogP contribution in [0.1, 0.15) is 53.6 Å². The molecule has 0 radical (unpaired) electrons. The number of quaternary nitrogens is 1. The maximum absolute atomic E-state index is 13.5. The topological polar surface area (TPSA) is 34.0 Å². The molecule has 0 bridgehead atoms.